The van der Waals surface area contributed by atoms with Gasteiger partial charge < -0.3 is 0 Å². The van der Waals surface area contributed by atoms with Crippen molar-refractivity contribution in [2.75, 3.05) is 0 Å². The van der Waals surface area contributed by atoms with Crippen LogP contribution in [-0.2, 0) is 4.79 Å². The van der Waals surface area contributed by atoms with Crippen molar-refractivity contribution < 1.29 is 4.79 Å². The van der Waals surface area contributed by atoms with Gasteiger partial charge in [0.05, 0.1) is 10.6 Å². The Labute approximate surface area is 171 Å². The summed E-state index contributed by atoms with van der Waals surface area (Å²) in [4.78, 5) is 21.0. The lowest BCUT2D eigenvalue weighted by molar-refractivity contribution is -0.124. The average Bonchev–Trinajstić information content (AvgIpc) is 3.00. The number of rotatable bonds is 3. The third-order valence-corrected chi connectivity index (χ3v) is 6.57. The molecule has 0 aromatic heterocycles. The van der Waals surface area contributed by atoms with E-state index in [9.17, 15) is 4.79 Å². The summed E-state index contributed by atoms with van der Waals surface area (Å²) < 4.78 is 0. The number of benzene rings is 2. The molecule has 0 N–H and O–H groups in total. The minimum absolute atomic E-state index is 0.0963. The maximum Gasteiger partial charge on any atom is 0.267 e. The zero-order valence-corrected chi connectivity index (χ0v) is 17.3. The van der Waals surface area contributed by atoms with Crippen LogP contribution < -0.4 is 0 Å². The summed E-state index contributed by atoms with van der Waals surface area (Å²) in [6, 6.07) is 18.5. The minimum Gasteiger partial charge on any atom is -0.283 e. The predicted molar refractivity (Wildman–Crippen MR) is 119 cm³/mol. The van der Waals surface area contributed by atoms with Crippen LogP contribution in [0.4, 0.5) is 5.69 Å². The summed E-state index contributed by atoms with van der Waals surface area (Å²) in [5, 5.41) is 0.813. The third kappa shape index (κ3) is 4.07. The number of para-hydroxylation sites is 1. The molecule has 4 rings (SSSR count). The highest BCUT2D eigenvalue weighted by atomic mass is 32.2. The number of amides is 1. The Hall–Kier alpha value is -2.33. The summed E-state index contributed by atoms with van der Waals surface area (Å²) in [5.41, 5.74) is 3.17. The molecule has 0 radical (unpaired) electrons. The standard InChI is InChI=1S/C24H26N2OS/c1-17-12-14-19(15-13-17)16-22-23(27)26(21-11-7-6-8-18(21)2)24(28-22)25-20-9-4-3-5-10-20/h3-5,9-10,12-16,18,21H,6-8,11H2,1-2H3/b22-16-,25-24?/t18-,21-/m1/s1. The number of nitrogens with zero attached hydrogens (tertiary/aromatic N) is 2. The normalized spacial score (nSPS) is 25.6. The Balaban J connectivity index is 1.71. The van der Waals surface area contributed by atoms with E-state index >= 15 is 0 Å². The first-order chi connectivity index (χ1) is 13.6. The van der Waals surface area contributed by atoms with Gasteiger partial charge in [0, 0.05) is 6.04 Å². The van der Waals surface area contributed by atoms with Gasteiger partial charge in [-0.1, -0.05) is 67.8 Å². The maximum atomic E-state index is 13.4. The van der Waals surface area contributed by atoms with E-state index in [1.807, 2.05) is 41.3 Å². The van der Waals surface area contributed by atoms with Gasteiger partial charge in [0.2, 0.25) is 0 Å². The van der Waals surface area contributed by atoms with Gasteiger partial charge in [-0.25, -0.2) is 4.99 Å². The number of carbonyl (C=O) groups is 1. The molecule has 1 saturated heterocycles. The Morgan fingerprint density at radius 1 is 1.04 bits per heavy atom. The molecule has 3 nitrogen and oxygen atoms in total. The smallest absolute Gasteiger partial charge is 0.267 e. The van der Waals surface area contributed by atoms with E-state index in [1.54, 1.807) is 0 Å². The van der Waals surface area contributed by atoms with Crippen molar-refractivity contribution in [2.45, 2.75) is 45.6 Å². The number of carbonyl (C=O) groups excluding carboxylic acids is 1. The lowest BCUT2D eigenvalue weighted by Gasteiger charge is -2.35. The van der Waals surface area contributed by atoms with Crippen molar-refractivity contribution in [1.82, 2.24) is 4.90 Å². The van der Waals surface area contributed by atoms with Crippen LogP contribution in [0.2, 0.25) is 0 Å². The zero-order chi connectivity index (χ0) is 19.5. The Morgan fingerprint density at radius 2 is 1.75 bits per heavy atom. The van der Waals surface area contributed by atoms with Crippen molar-refractivity contribution >= 4 is 34.6 Å². The first kappa shape index (κ1) is 19.0. The van der Waals surface area contributed by atoms with Crippen molar-refractivity contribution in [3.05, 3.63) is 70.6 Å². The minimum atomic E-state index is 0.0963. The van der Waals surface area contributed by atoms with Crippen LogP contribution in [0.25, 0.3) is 6.08 Å². The van der Waals surface area contributed by atoms with Crippen LogP contribution in [0.3, 0.4) is 0 Å². The number of thioether (sulfide) groups is 1. The first-order valence-corrected chi connectivity index (χ1v) is 10.9. The number of amidine groups is 1. The molecular formula is C24H26N2OS. The van der Waals surface area contributed by atoms with E-state index < -0.39 is 0 Å². The lowest BCUT2D eigenvalue weighted by atomic mass is 9.85. The maximum absolute atomic E-state index is 13.4. The number of aryl methyl sites for hydroxylation is 1. The summed E-state index contributed by atoms with van der Waals surface area (Å²) in [7, 11) is 0. The van der Waals surface area contributed by atoms with Crippen LogP contribution in [0.15, 0.2) is 64.5 Å². The Morgan fingerprint density at radius 3 is 2.46 bits per heavy atom. The predicted octanol–water partition coefficient (Wildman–Crippen LogP) is 6.18. The second kappa shape index (κ2) is 8.36. The van der Waals surface area contributed by atoms with Gasteiger partial charge in [0.25, 0.3) is 5.91 Å². The number of hydrogen-bond acceptors (Lipinski definition) is 3. The molecule has 4 heteroatoms. The summed E-state index contributed by atoms with van der Waals surface area (Å²) in [5.74, 6) is 0.594. The second-order valence-corrected chi connectivity index (χ2v) is 8.76. The van der Waals surface area contributed by atoms with Crippen LogP contribution in [0.5, 0.6) is 0 Å². The van der Waals surface area contributed by atoms with Crippen molar-refractivity contribution in [3.63, 3.8) is 0 Å². The average molecular weight is 391 g/mol. The van der Waals surface area contributed by atoms with Gasteiger partial charge in [-0.15, -0.1) is 0 Å². The molecule has 0 bridgehead atoms. The van der Waals surface area contributed by atoms with Crippen LogP contribution in [0, 0.1) is 12.8 Å². The molecule has 0 unspecified atom stereocenters. The van der Waals surface area contributed by atoms with E-state index in [0.717, 1.165) is 27.7 Å². The highest BCUT2D eigenvalue weighted by Crippen LogP contribution is 2.40. The molecule has 144 valence electrons. The van der Waals surface area contributed by atoms with Crippen molar-refractivity contribution in [1.29, 1.82) is 0 Å². The summed E-state index contributed by atoms with van der Waals surface area (Å²) in [6.07, 6.45) is 6.66. The van der Waals surface area contributed by atoms with E-state index in [2.05, 4.69) is 38.1 Å². The molecule has 2 aromatic rings. The Bertz CT molecular complexity index is 902. The van der Waals surface area contributed by atoms with Gasteiger partial charge in [0.15, 0.2) is 5.17 Å². The van der Waals surface area contributed by atoms with Gasteiger partial charge in [-0.2, -0.15) is 0 Å². The molecule has 1 aliphatic carbocycles. The highest BCUT2D eigenvalue weighted by molar-refractivity contribution is 8.18. The fraction of sp³-hybridized carbons (Fsp3) is 0.333. The highest BCUT2D eigenvalue weighted by Gasteiger charge is 2.40. The topological polar surface area (TPSA) is 32.7 Å². The van der Waals surface area contributed by atoms with Crippen LogP contribution >= 0.6 is 11.8 Å². The largest absolute Gasteiger partial charge is 0.283 e. The summed E-state index contributed by atoms with van der Waals surface area (Å²) in [6.45, 7) is 4.34. The van der Waals surface area contributed by atoms with Crippen molar-refractivity contribution in [3.8, 4) is 0 Å². The molecule has 2 atom stereocenters. The molecule has 1 aliphatic heterocycles. The quantitative estimate of drug-likeness (QED) is 0.586. The lowest BCUT2D eigenvalue weighted by Crippen LogP contribution is -2.44. The van der Waals surface area contributed by atoms with Gasteiger partial charge >= 0.3 is 0 Å². The van der Waals surface area contributed by atoms with Crippen LogP contribution in [0.1, 0.15) is 43.7 Å². The summed E-state index contributed by atoms with van der Waals surface area (Å²) >= 11 is 1.50. The number of aliphatic imine (C=N–C) groups is 1. The molecule has 2 fully saturated rings. The molecule has 0 spiro atoms. The zero-order valence-electron chi connectivity index (χ0n) is 16.5. The van der Waals surface area contributed by atoms with Crippen LogP contribution in [-0.4, -0.2) is 22.0 Å². The fourth-order valence-corrected chi connectivity index (χ4v) is 5.01. The van der Waals surface area contributed by atoms with Gasteiger partial charge in [-0.3, -0.25) is 9.69 Å². The third-order valence-electron chi connectivity index (χ3n) is 5.59. The van der Waals surface area contributed by atoms with E-state index in [-0.39, 0.29) is 11.9 Å². The molecule has 28 heavy (non-hydrogen) atoms. The molecule has 1 amide bonds. The Kier molecular flexibility index (Phi) is 5.67. The van der Waals surface area contributed by atoms with E-state index in [4.69, 9.17) is 4.99 Å². The molecule has 1 saturated carbocycles. The van der Waals surface area contributed by atoms with E-state index in [0.29, 0.717) is 5.92 Å². The molecular weight excluding hydrogens is 364 g/mol. The SMILES string of the molecule is Cc1ccc(/C=C2\SC(=Nc3ccccc3)N([C@@H]3CCCC[C@H]3C)C2=O)cc1. The molecule has 2 aromatic carbocycles. The molecule has 2 aliphatic rings. The fourth-order valence-electron chi connectivity index (χ4n) is 3.96. The molecule has 1 heterocycles. The van der Waals surface area contributed by atoms with E-state index in [1.165, 1.54) is 36.6 Å². The van der Waals surface area contributed by atoms with Gasteiger partial charge in [0.1, 0.15) is 0 Å². The first-order valence-electron chi connectivity index (χ1n) is 10.1. The number of hydrogen-bond donors (Lipinski definition) is 0. The van der Waals surface area contributed by atoms with Crippen molar-refractivity contribution in [2.24, 2.45) is 10.9 Å². The van der Waals surface area contributed by atoms with Gasteiger partial charge in [-0.05, 0) is 61.2 Å². The second-order valence-electron chi connectivity index (χ2n) is 7.76. The monoisotopic (exact) mass is 390 g/mol.